The van der Waals surface area contributed by atoms with Gasteiger partial charge in [0, 0.05) is 18.2 Å². The van der Waals surface area contributed by atoms with Gasteiger partial charge in [0.2, 0.25) is 0 Å². The summed E-state index contributed by atoms with van der Waals surface area (Å²) in [7, 11) is 0. The minimum absolute atomic E-state index is 0.179. The van der Waals surface area contributed by atoms with E-state index in [1.807, 2.05) is 0 Å². The van der Waals surface area contributed by atoms with E-state index in [0.29, 0.717) is 5.92 Å². The maximum Gasteiger partial charge on any atom is 0.123 e. The molecular formula is C13H18FNO. The van der Waals surface area contributed by atoms with Crippen LogP contribution in [0.5, 0.6) is 0 Å². The highest BCUT2D eigenvalue weighted by Crippen LogP contribution is 2.24. The Morgan fingerprint density at radius 1 is 1.19 bits per heavy atom. The van der Waals surface area contributed by atoms with Gasteiger partial charge in [0.1, 0.15) is 5.82 Å². The highest BCUT2D eigenvalue weighted by molar-refractivity contribution is 5.42. The second-order valence-electron chi connectivity index (χ2n) is 4.50. The molecule has 1 fully saturated rings. The van der Waals surface area contributed by atoms with Crippen molar-refractivity contribution < 1.29 is 9.50 Å². The average Bonchev–Trinajstić information content (AvgIpc) is 2.30. The molecule has 88 valence electrons. The Labute approximate surface area is 95.5 Å². The van der Waals surface area contributed by atoms with Gasteiger partial charge in [-0.3, -0.25) is 0 Å². The van der Waals surface area contributed by atoms with Crippen LogP contribution in [0.15, 0.2) is 24.3 Å². The first-order chi connectivity index (χ1) is 7.75. The van der Waals surface area contributed by atoms with E-state index in [1.54, 1.807) is 12.1 Å². The van der Waals surface area contributed by atoms with E-state index in [-0.39, 0.29) is 11.9 Å². The van der Waals surface area contributed by atoms with Gasteiger partial charge in [-0.15, -0.1) is 0 Å². The zero-order chi connectivity index (χ0) is 11.4. The molecule has 2 unspecified atom stereocenters. The molecular weight excluding hydrogens is 205 g/mol. The molecule has 0 amide bonds. The summed E-state index contributed by atoms with van der Waals surface area (Å²) in [6.07, 6.45) is 4.15. The highest BCUT2D eigenvalue weighted by Gasteiger charge is 2.22. The molecule has 2 rings (SSSR count). The number of aliphatic hydroxyl groups is 1. The minimum Gasteiger partial charge on any atom is -0.393 e. The van der Waals surface area contributed by atoms with Crippen molar-refractivity contribution >= 4 is 5.69 Å². The van der Waals surface area contributed by atoms with Crippen molar-refractivity contribution in [2.45, 2.75) is 31.8 Å². The molecule has 1 aliphatic rings. The lowest BCUT2D eigenvalue weighted by Gasteiger charge is -2.27. The van der Waals surface area contributed by atoms with Crippen LogP contribution in [0, 0.1) is 11.7 Å². The van der Waals surface area contributed by atoms with Crippen molar-refractivity contribution in [1.82, 2.24) is 0 Å². The molecule has 1 saturated carbocycles. The largest absolute Gasteiger partial charge is 0.393 e. The van der Waals surface area contributed by atoms with Crippen LogP contribution in [0.25, 0.3) is 0 Å². The van der Waals surface area contributed by atoms with E-state index in [2.05, 4.69) is 5.32 Å². The summed E-state index contributed by atoms with van der Waals surface area (Å²) in [5, 5.41) is 13.0. The summed E-state index contributed by atoms with van der Waals surface area (Å²) < 4.78 is 12.7. The summed E-state index contributed by atoms with van der Waals surface area (Å²) in [4.78, 5) is 0. The standard InChI is InChI=1S/C13H18FNO/c14-11-5-7-12(8-6-11)15-9-10-3-1-2-4-13(10)16/h5-8,10,13,15-16H,1-4,9H2. The predicted molar refractivity (Wildman–Crippen MR) is 62.9 cm³/mol. The van der Waals surface area contributed by atoms with Gasteiger partial charge in [-0.25, -0.2) is 4.39 Å². The Kier molecular flexibility index (Phi) is 3.78. The third kappa shape index (κ3) is 2.95. The summed E-state index contributed by atoms with van der Waals surface area (Å²) in [5.41, 5.74) is 0.916. The lowest BCUT2D eigenvalue weighted by molar-refractivity contribution is 0.0763. The van der Waals surface area contributed by atoms with Gasteiger partial charge >= 0.3 is 0 Å². The molecule has 0 heterocycles. The molecule has 1 aliphatic carbocycles. The van der Waals surface area contributed by atoms with Gasteiger partial charge in [-0.1, -0.05) is 12.8 Å². The third-order valence-electron chi connectivity index (χ3n) is 3.28. The van der Waals surface area contributed by atoms with Crippen molar-refractivity contribution in [2.24, 2.45) is 5.92 Å². The molecule has 0 saturated heterocycles. The molecule has 2 nitrogen and oxygen atoms in total. The molecule has 1 aromatic rings. The number of hydrogen-bond donors (Lipinski definition) is 2. The molecule has 16 heavy (non-hydrogen) atoms. The fraction of sp³-hybridized carbons (Fsp3) is 0.538. The monoisotopic (exact) mass is 223 g/mol. The number of anilines is 1. The zero-order valence-corrected chi connectivity index (χ0v) is 9.32. The van der Waals surface area contributed by atoms with E-state index < -0.39 is 0 Å². The van der Waals surface area contributed by atoms with Crippen LogP contribution >= 0.6 is 0 Å². The molecule has 0 aromatic heterocycles. The van der Waals surface area contributed by atoms with E-state index in [9.17, 15) is 9.50 Å². The first kappa shape index (κ1) is 11.4. The van der Waals surface area contributed by atoms with Crippen LogP contribution in [0.4, 0.5) is 10.1 Å². The predicted octanol–water partition coefficient (Wildman–Crippen LogP) is 2.79. The Bertz CT molecular complexity index is 325. The van der Waals surface area contributed by atoms with E-state index >= 15 is 0 Å². The van der Waals surface area contributed by atoms with Crippen molar-refractivity contribution in [1.29, 1.82) is 0 Å². The Morgan fingerprint density at radius 2 is 1.88 bits per heavy atom. The molecule has 0 bridgehead atoms. The van der Waals surface area contributed by atoms with Crippen molar-refractivity contribution in [2.75, 3.05) is 11.9 Å². The number of benzene rings is 1. The van der Waals surface area contributed by atoms with E-state index in [0.717, 1.165) is 31.5 Å². The van der Waals surface area contributed by atoms with Crippen LogP contribution in [0.1, 0.15) is 25.7 Å². The number of rotatable bonds is 3. The normalized spacial score (nSPS) is 25.4. The molecule has 1 aromatic carbocycles. The fourth-order valence-electron chi connectivity index (χ4n) is 2.24. The quantitative estimate of drug-likeness (QED) is 0.825. The molecule has 3 heteroatoms. The van der Waals surface area contributed by atoms with Crippen molar-refractivity contribution in [3.8, 4) is 0 Å². The van der Waals surface area contributed by atoms with Crippen LogP contribution in [-0.2, 0) is 0 Å². The maximum absolute atomic E-state index is 12.7. The van der Waals surface area contributed by atoms with Crippen LogP contribution in [0.3, 0.4) is 0 Å². The number of hydrogen-bond acceptors (Lipinski definition) is 2. The zero-order valence-electron chi connectivity index (χ0n) is 9.32. The summed E-state index contributed by atoms with van der Waals surface area (Å²) >= 11 is 0. The lowest BCUT2D eigenvalue weighted by Crippen LogP contribution is -2.30. The van der Waals surface area contributed by atoms with Crippen molar-refractivity contribution in [3.63, 3.8) is 0 Å². The second-order valence-corrected chi connectivity index (χ2v) is 4.50. The van der Waals surface area contributed by atoms with Crippen LogP contribution < -0.4 is 5.32 Å². The first-order valence-electron chi connectivity index (χ1n) is 5.93. The van der Waals surface area contributed by atoms with E-state index in [1.165, 1.54) is 18.6 Å². The second kappa shape index (κ2) is 5.30. The van der Waals surface area contributed by atoms with Gasteiger partial charge < -0.3 is 10.4 Å². The SMILES string of the molecule is OC1CCCCC1CNc1ccc(F)cc1. The summed E-state index contributed by atoms with van der Waals surface area (Å²) in [6, 6.07) is 6.34. The topological polar surface area (TPSA) is 32.3 Å². The van der Waals surface area contributed by atoms with Crippen molar-refractivity contribution in [3.05, 3.63) is 30.1 Å². The fourth-order valence-corrected chi connectivity index (χ4v) is 2.24. The van der Waals surface area contributed by atoms with Gasteiger partial charge in [-0.2, -0.15) is 0 Å². The maximum atomic E-state index is 12.7. The van der Waals surface area contributed by atoms with Gasteiger partial charge in [0.15, 0.2) is 0 Å². The molecule has 2 N–H and O–H groups in total. The first-order valence-corrected chi connectivity index (χ1v) is 5.93. The lowest BCUT2D eigenvalue weighted by atomic mass is 9.86. The number of halogens is 1. The molecule has 2 atom stereocenters. The molecule has 0 spiro atoms. The van der Waals surface area contributed by atoms with Gasteiger partial charge in [-0.05, 0) is 37.1 Å². The smallest absolute Gasteiger partial charge is 0.123 e. The number of aliphatic hydroxyl groups excluding tert-OH is 1. The summed E-state index contributed by atoms with van der Waals surface area (Å²) in [5.74, 6) is 0.113. The third-order valence-corrected chi connectivity index (χ3v) is 3.28. The Balaban J connectivity index is 1.84. The van der Waals surface area contributed by atoms with Crippen LogP contribution in [0.2, 0.25) is 0 Å². The Hall–Kier alpha value is -1.09. The Morgan fingerprint density at radius 3 is 2.56 bits per heavy atom. The van der Waals surface area contributed by atoms with Crippen LogP contribution in [-0.4, -0.2) is 17.8 Å². The van der Waals surface area contributed by atoms with Gasteiger partial charge in [0.05, 0.1) is 6.10 Å². The molecule has 0 aliphatic heterocycles. The summed E-state index contributed by atoms with van der Waals surface area (Å²) in [6.45, 7) is 0.771. The minimum atomic E-state index is -0.219. The average molecular weight is 223 g/mol. The highest BCUT2D eigenvalue weighted by atomic mass is 19.1. The molecule has 0 radical (unpaired) electrons. The van der Waals surface area contributed by atoms with E-state index in [4.69, 9.17) is 0 Å². The number of nitrogens with one attached hydrogen (secondary N) is 1. The van der Waals surface area contributed by atoms with Gasteiger partial charge in [0.25, 0.3) is 0 Å².